The van der Waals surface area contributed by atoms with Crippen molar-refractivity contribution in [1.82, 2.24) is 0 Å². The number of halogens is 3. The van der Waals surface area contributed by atoms with E-state index >= 15 is 0 Å². The number of alkyl halides is 3. The fraction of sp³-hybridized carbons (Fsp3) is 0.231. The van der Waals surface area contributed by atoms with Gasteiger partial charge in [0.1, 0.15) is 6.07 Å². The van der Waals surface area contributed by atoms with Gasteiger partial charge in [0.25, 0.3) is 5.91 Å². The van der Waals surface area contributed by atoms with Crippen LogP contribution in [-0.2, 0) is 9.53 Å². The number of aryl methyl sites for hydroxylation is 1. The van der Waals surface area contributed by atoms with Crippen LogP contribution in [-0.4, -0.2) is 23.8 Å². The molecule has 0 aliphatic carbocycles. The van der Waals surface area contributed by atoms with E-state index in [2.05, 4.69) is 10.1 Å². The molecule has 1 aromatic rings. The van der Waals surface area contributed by atoms with Gasteiger partial charge >= 0.3 is 12.1 Å². The Morgan fingerprint density at radius 1 is 1.38 bits per heavy atom. The van der Waals surface area contributed by atoms with Crippen LogP contribution < -0.4 is 5.32 Å². The maximum absolute atomic E-state index is 11.9. The van der Waals surface area contributed by atoms with E-state index < -0.39 is 30.2 Å². The number of carbonyl (C=O) groups is 1. The molecule has 8 heteroatoms. The van der Waals surface area contributed by atoms with Crippen LogP contribution in [0, 0.1) is 18.3 Å². The van der Waals surface area contributed by atoms with Gasteiger partial charge in [0.05, 0.1) is 0 Å². The summed E-state index contributed by atoms with van der Waals surface area (Å²) < 4.78 is 39.7. The Morgan fingerprint density at radius 2 is 1.95 bits per heavy atom. The molecule has 2 N–H and O–H groups in total. The molecule has 5 nitrogen and oxygen atoms in total. The van der Waals surface area contributed by atoms with Crippen LogP contribution in [0.2, 0.25) is 0 Å². The van der Waals surface area contributed by atoms with Gasteiger partial charge in [0.2, 0.25) is 0 Å². The standard InChI is InChI=1S/C13H11F3N2O3/c1-8-2-4-9(5-3-8)18-11(19)10(6-17)12(20)21-7-13(14,15)16/h2-5,20H,7H2,1H3,(H,18,19)/b12-10-. The van der Waals surface area contributed by atoms with Gasteiger partial charge < -0.3 is 15.2 Å². The van der Waals surface area contributed by atoms with Crippen molar-refractivity contribution in [3.63, 3.8) is 0 Å². The molecule has 0 saturated heterocycles. The quantitative estimate of drug-likeness (QED) is 0.509. The van der Waals surface area contributed by atoms with Gasteiger partial charge in [0.15, 0.2) is 12.2 Å². The first-order chi connectivity index (χ1) is 9.73. The maximum atomic E-state index is 11.9. The van der Waals surface area contributed by atoms with E-state index in [1.807, 2.05) is 6.92 Å². The lowest BCUT2D eigenvalue weighted by Crippen LogP contribution is -2.20. The molecule has 21 heavy (non-hydrogen) atoms. The minimum atomic E-state index is -4.69. The molecule has 0 aromatic heterocycles. The smallest absolute Gasteiger partial charge is 0.422 e. The summed E-state index contributed by atoms with van der Waals surface area (Å²) in [5.41, 5.74) is 0.308. The molecule has 112 valence electrons. The van der Waals surface area contributed by atoms with Crippen LogP contribution in [0.1, 0.15) is 5.56 Å². The Morgan fingerprint density at radius 3 is 2.43 bits per heavy atom. The number of aliphatic hydroxyl groups is 1. The zero-order chi connectivity index (χ0) is 16.0. The number of amides is 1. The molecular formula is C13H11F3N2O3. The van der Waals surface area contributed by atoms with E-state index in [0.717, 1.165) is 5.56 Å². The average molecular weight is 300 g/mol. The van der Waals surface area contributed by atoms with E-state index in [9.17, 15) is 23.1 Å². The molecular weight excluding hydrogens is 289 g/mol. The largest absolute Gasteiger partial charge is 0.480 e. The lowest BCUT2D eigenvalue weighted by molar-refractivity contribution is -0.173. The molecule has 0 radical (unpaired) electrons. The Balaban J connectivity index is 2.81. The van der Waals surface area contributed by atoms with Crippen molar-refractivity contribution >= 4 is 11.6 Å². The highest BCUT2D eigenvalue weighted by atomic mass is 19.4. The van der Waals surface area contributed by atoms with Crippen LogP contribution in [0.3, 0.4) is 0 Å². The third kappa shape index (κ3) is 5.44. The van der Waals surface area contributed by atoms with Crippen molar-refractivity contribution in [2.75, 3.05) is 11.9 Å². The molecule has 0 aliphatic rings. The zero-order valence-corrected chi connectivity index (χ0v) is 10.9. The Labute approximate surface area is 118 Å². The highest BCUT2D eigenvalue weighted by Crippen LogP contribution is 2.17. The number of nitrogens with one attached hydrogen (secondary N) is 1. The van der Waals surface area contributed by atoms with Gasteiger partial charge in [-0.2, -0.15) is 18.4 Å². The highest BCUT2D eigenvalue weighted by Gasteiger charge is 2.30. The summed E-state index contributed by atoms with van der Waals surface area (Å²) in [6, 6.07) is 7.74. The second kappa shape index (κ2) is 6.65. The molecule has 0 bridgehead atoms. The zero-order valence-electron chi connectivity index (χ0n) is 10.9. The first-order valence-corrected chi connectivity index (χ1v) is 5.64. The average Bonchev–Trinajstić information content (AvgIpc) is 2.39. The number of hydrogen-bond acceptors (Lipinski definition) is 4. The van der Waals surface area contributed by atoms with Crippen molar-refractivity contribution in [2.24, 2.45) is 0 Å². The molecule has 0 heterocycles. The number of rotatable bonds is 4. The van der Waals surface area contributed by atoms with Crippen LogP contribution in [0.25, 0.3) is 0 Å². The summed E-state index contributed by atoms with van der Waals surface area (Å²) in [6.45, 7) is 0.0187. The minimum absolute atomic E-state index is 0.321. The summed E-state index contributed by atoms with van der Waals surface area (Å²) in [5.74, 6) is -2.44. The maximum Gasteiger partial charge on any atom is 0.422 e. The highest BCUT2D eigenvalue weighted by molar-refractivity contribution is 6.06. The fourth-order valence-corrected chi connectivity index (χ4v) is 1.25. The predicted molar refractivity (Wildman–Crippen MR) is 67.1 cm³/mol. The van der Waals surface area contributed by atoms with Crippen LogP contribution in [0.4, 0.5) is 18.9 Å². The molecule has 0 aliphatic heterocycles. The molecule has 1 aromatic carbocycles. The summed E-state index contributed by atoms with van der Waals surface area (Å²) in [5, 5.41) is 20.2. The van der Waals surface area contributed by atoms with Gasteiger partial charge in [-0.3, -0.25) is 4.79 Å². The van der Waals surface area contributed by atoms with Gasteiger partial charge in [-0.25, -0.2) is 0 Å². The second-order valence-electron chi connectivity index (χ2n) is 4.02. The van der Waals surface area contributed by atoms with Crippen molar-refractivity contribution in [2.45, 2.75) is 13.1 Å². The van der Waals surface area contributed by atoms with Crippen molar-refractivity contribution < 1.29 is 27.8 Å². The molecule has 0 fully saturated rings. The SMILES string of the molecule is Cc1ccc(NC(=O)/C(C#N)=C(/O)OCC(F)(F)F)cc1. The van der Waals surface area contributed by atoms with Crippen molar-refractivity contribution in [1.29, 1.82) is 5.26 Å². The second-order valence-corrected chi connectivity index (χ2v) is 4.02. The molecule has 0 saturated carbocycles. The first kappa shape index (κ1) is 16.4. The number of ether oxygens (including phenoxy) is 1. The number of anilines is 1. The van der Waals surface area contributed by atoms with Crippen LogP contribution in [0.15, 0.2) is 35.8 Å². The number of nitriles is 1. The summed E-state index contributed by atoms with van der Waals surface area (Å²) in [6.07, 6.45) is -4.69. The van der Waals surface area contributed by atoms with Gasteiger partial charge in [-0.05, 0) is 19.1 Å². The van der Waals surface area contributed by atoms with E-state index in [1.165, 1.54) is 18.2 Å². The van der Waals surface area contributed by atoms with Gasteiger partial charge in [-0.15, -0.1) is 0 Å². The number of hydrogen-bond donors (Lipinski definition) is 2. The molecule has 1 rings (SSSR count). The lowest BCUT2D eigenvalue weighted by Gasteiger charge is -2.09. The third-order valence-electron chi connectivity index (χ3n) is 2.23. The lowest BCUT2D eigenvalue weighted by atomic mass is 10.2. The van der Waals surface area contributed by atoms with E-state index in [-0.39, 0.29) is 0 Å². The van der Waals surface area contributed by atoms with E-state index in [1.54, 1.807) is 12.1 Å². The Hall–Kier alpha value is -2.69. The molecule has 1 amide bonds. The van der Waals surface area contributed by atoms with Gasteiger partial charge in [0, 0.05) is 5.69 Å². The molecule has 0 unspecified atom stereocenters. The van der Waals surface area contributed by atoms with Crippen molar-refractivity contribution in [3.8, 4) is 6.07 Å². The van der Waals surface area contributed by atoms with Crippen LogP contribution in [0.5, 0.6) is 0 Å². The number of carbonyl (C=O) groups excluding carboxylic acids is 1. The van der Waals surface area contributed by atoms with Crippen molar-refractivity contribution in [3.05, 3.63) is 41.3 Å². The summed E-state index contributed by atoms with van der Waals surface area (Å²) >= 11 is 0. The minimum Gasteiger partial charge on any atom is -0.480 e. The number of aliphatic hydroxyl groups excluding tert-OH is 1. The number of nitrogens with zero attached hydrogens (tertiary/aromatic N) is 1. The van der Waals surface area contributed by atoms with Crippen LogP contribution >= 0.6 is 0 Å². The fourth-order valence-electron chi connectivity index (χ4n) is 1.25. The summed E-state index contributed by atoms with van der Waals surface area (Å²) in [4.78, 5) is 11.7. The molecule has 0 spiro atoms. The van der Waals surface area contributed by atoms with E-state index in [4.69, 9.17) is 5.26 Å². The Bertz CT molecular complexity index is 586. The predicted octanol–water partition coefficient (Wildman–Crippen LogP) is 2.81. The monoisotopic (exact) mass is 300 g/mol. The topological polar surface area (TPSA) is 82.4 Å². The Kier molecular flexibility index (Phi) is 5.18. The molecule has 0 atom stereocenters. The number of benzene rings is 1. The van der Waals surface area contributed by atoms with E-state index in [0.29, 0.717) is 5.69 Å². The normalized spacial score (nSPS) is 12.1. The van der Waals surface area contributed by atoms with Gasteiger partial charge in [-0.1, -0.05) is 17.7 Å². The summed E-state index contributed by atoms with van der Waals surface area (Å²) in [7, 11) is 0. The third-order valence-corrected chi connectivity index (χ3v) is 2.23. The first-order valence-electron chi connectivity index (χ1n) is 5.64.